The zero-order valence-corrected chi connectivity index (χ0v) is 28.4. The zero-order valence-electron chi connectivity index (χ0n) is 28.4. The first-order chi connectivity index (χ1) is 23.0. The highest BCUT2D eigenvalue weighted by Crippen LogP contribution is 2.29. The number of anilines is 1. The Morgan fingerprint density at radius 3 is 2.44 bits per heavy atom. The molecular formula is C38H49N3O7. The first kappa shape index (κ1) is 36.6. The van der Waals surface area contributed by atoms with E-state index in [2.05, 4.69) is 17.1 Å². The van der Waals surface area contributed by atoms with E-state index < -0.39 is 12.0 Å². The van der Waals surface area contributed by atoms with Gasteiger partial charge in [-0.05, 0) is 81.6 Å². The van der Waals surface area contributed by atoms with Gasteiger partial charge in [-0.3, -0.25) is 14.5 Å². The van der Waals surface area contributed by atoms with E-state index in [1.807, 2.05) is 63.4 Å². The summed E-state index contributed by atoms with van der Waals surface area (Å²) in [7, 11) is 1.99. The molecule has 3 N–H and O–H groups in total. The predicted molar refractivity (Wildman–Crippen MR) is 185 cm³/mol. The van der Waals surface area contributed by atoms with E-state index in [-0.39, 0.29) is 48.5 Å². The topological polar surface area (TPSA) is 129 Å². The fourth-order valence-electron chi connectivity index (χ4n) is 5.89. The van der Waals surface area contributed by atoms with Gasteiger partial charge < -0.3 is 29.9 Å². The van der Waals surface area contributed by atoms with Crippen LogP contribution in [0, 0.1) is 5.92 Å². The van der Waals surface area contributed by atoms with E-state index >= 15 is 0 Å². The lowest BCUT2D eigenvalue weighted by Gasteiger charge is -2.36. The number of fused-ring (bicyclic) bond motifs is 1. The number of nitrogens with one attached hydrogen (secondary N) is 1. The molecule has 0 aromatic heterocycles. The van der Waals surface area contributed by atoms with Crippen LogP contribution in [0.4, 0.5) is 5.69 Å². The number of amides is 2. The number of hydrogen-bond acceptors (Lipinski definition) is 7. The fourth-order valence-corrected chi connectivity index (χ4v) is 5.89. The highest BCUT2D eigenvalue weighted by Gasteiger charge is 2.30. The second kappa shape index (κ2) is 17.8. The molecule has 0 bridgehead atoms. The number of rotatable bonds is 10. The number of benzene rings is 3. The van der Waals surface area contributed by atoms with Gasteiger partial charge in [0.15, 0.2) is 0 Å². The number of ether oxygens (including phenoxy) is 2. The minimum absolute atomic E-state index is 0.0974. The maximum atomic E-state index is 14.4. The van der Waals surface area contributed by atoms with Gasteiger partial charge in [-0.1, -0.05) is 49.4 Å². The van der Waals surface area contributed by atoms with E-state index in [1.165, 1.54) is 0 Å². The molecule has 0 unspecified atom stereocenters. The van der Waals surface area contributed by atoms with Crippen LogP contribution in [0.3, 0.4) is 0 Å². The van der Waals surface area contributed by atoms with E-state index in [1.54, 1.807) is 35.2 Å². The molecule has 0 radical (unpaired) electrons. The summed E-state index contributed by atoms with van der Waals surface area (Å²) in [6.45, 7) is 7.69. The number of likely N-dealkylation sites (N-methyl/N-ethyl adjacent to an activating group) is 1. The first-order valence-electron chi connectivity index (χ1n) is 16.7. The summed E-state index contributed by atoms with van der Waals surface area (Å²) in [4.78, 5) is 42.3. The lowest BCUT2D eigenvalue weighted by Crippen LogP contribution is -2.47. The van der Waals surface area contributed by atoms with Gasteiger partial charge in [-0.15, -0.1) is 0 Å². The van der Waals surface area contributed by atoms with Crippen molar-refractivity contribution in [2.45, 2.75) is 71.2 Å². The molecule has 0 aliphatic carbocycles. The molecule has 1 aliphatic rings. The molecule has 0 fully saturated rings. The molecule has 0 spiro atoms. The summed E-state index contributed by atoms with van der Waals surface area (Å²) in [5.41, 5.74) is 2.93. The highest BCUT2D eigenvalue weighted by atomic mass is 16.5. The van der Waals surface area contributed by atoms with E-state index in [9.17, 15) is 24.6 Å². The van der Waals surface area contributed by atoms with Crippen molar-refractivity contribution >= 4 is 23.5 Å². The summed E-state index contributed by atoms with van der Waals surface area (Å²) in [6, 6.07) is 21.0. The molecule has 0 saturated carbocycles. The molecule has 1 aliphatic heterocycles. The quantitative estimate of drug-likeness (QED) is 0.261. The summed E-state index contributed by atoms with van der Waals surface area (Å²) in [5.74, 6) is -1.11. The highest BCUT2D eigenvalue weighted by molar-refractivity contribution is 6.00. The van der Waals surface area contributed by atoms with Gasteiger partial charge in [-0.25, -0.2) is 4.79 Å². The molecule has 3 aromatic rings. The molecule has 10 nitrogen and oxygen atoms in total. The number of carboxylic acid groups (broad SMARTS) is 1. The Morgan fingerprint density at radius 2 is 1.75 bits per heavy atom. The van der Waals surface area contributed by atoms with Crippen molar-refractivity contribution in [3.8, 4) is 5.75 Å². The predicted octanol–water partition coefficient (Wildman–Crippen LogP) is 5.49. The maximum absolute atomic E-state index is 14.4. The van der Waals surface area contributed by atoms with Crippen LogP contribution in [-0.4, -0.2) is 89.4 Å². The Balaban J connectivity index is 1.57. The monoisotopic (exact) mass is 659 g/mol. The van der Waals surface area contributed by atoms with E-state index in [0.717, 1.165) is 30.4 Å². The number of carbonyl (C=O) groups is 3. The summed E-state index contributed by atoms with van der Waals surface area (Å²) in [6.07, 6.45) is 2.35. The van der Waals surface area contributed by atoms with Gasteiger partial charge in [0.2, 0.25) is 5.91 Å². The van der Waals surface area contributed by atoms with Crippen molar-refractivity contribution < 1.29 is 34.1 Å². The third-order valence-electron chi connectivity index (χ3n) is 8.69. The molecule has 4 atom stereocenters. The Bertz CT molecular complexity index is 1500. The maximum Gasteiger partial charge on any atom is 0.335 e. The van der Waals surface area contributed by atoms with Crippen molar-refractivity contribution in [3.05, 3.63) is 95.1 Å². The summed E-state index contributed by atoms with van der Waals surface area (Å²) in [5, 5.41) is 22.4. The molecular weight excluding hydrogens is 610 g/mol. The molecule has 10 heteroatoms. The van der Waals surface area contributed by atoms with Crippen molar-refractivity contribution in [1.82, 2.24) is 9.80 Å². The zero-order chi connectivity index (χ0) is 34.6. The van der Waals surface area contributed by atoms with Crippen molar-refractivity contribution in [3.63, 3.8) is 0 Å². The number of aliphatic hydroxyl groups is 1. The first-order valence-corrected chi connectivity index (χ1v) is 16.7. The smallest absolute Gasteiger partial charge is 0.335 e. The third-order valence-corrected chi connectivity index (χ3v) is 8.69. The van der Waals surface area contributed by atoms with Crippen LogP contribution in [0.15, 0.2) is 72.8 Å². The summed E-state index contributed by atoms with van der Waals surface area (Å²) < 4.78 is 12.8. The fraction of sp³-hybridized carbons (Fsp3) is 0.447. The molecule has 2 amide bonds. The average molecular weight is 660 g/mol. The minimum atomic E-state index is -0.958. The second-order valence-corrected chi connectivity index (χ2v) is 12.9. The van der Waals surface area contributed by atoms with E-state index in [4.69, 9.17) is 9.47 Å². The van der Waals surface area contributed by atoms with Gasteiger partial charge in [0, 0.05) is 37.8 Å². The standard InChI is InChI=1S/C38H49N3O7/c1-26-22-41(27(2)25-42)37(44)33-21-32(39-36(43)20-29-11-6-5-7-12-29)17-18-34(33)48-28(3)10-8-9-19-47-35(26)24-40(4)23-30-13-15-31(16-14-30)38(45)46/h5-7,11-18,21,26-28,35,42H,8-10,19-20,22-25H2,1-4H3,(H,39,43)(H,45,46)/t26-,27+,28+,35+/m1/s1. The van der Waals surface area contributed by atoms with E-state index in [0.29, 0.717) is 43.2 Å². The Hall–Kier alpha value is -4.25. The van der Waals surface area contributed by atoms with Gasteiger partial charge in [-0.2, -0.15) is 0 Å². The van der Waals surface area contributed by atoms with Crippen molar-refractivity contribution in [2.75, 3.05) is 38.7 Å². The lowest BCUT2D eigenvalue weighted by molar-refractivity contribution is -0.115. The normalized spacial score (nSPS) is 19.9. The SMILES string of the molecule is C[C@@H]1CN([C@@H](C)CO)C(=O)c2cc(NC(=O)Cc3ccccc3)ccc2O[C@@H](C)CCCCO[C@H]1CN(C)Cc1ccc(C(=O)O)cc1. The number of carboxylic acids is 1. The molecule has 0 saturated heterocycles. The van der Waals surface area contributed by atoms with Crippen LogP contribution in [0.25, 0.3) is 0 Å². The average Bonchev–Trinajstić information content (AvgIpc) is 3.06. The van der Waals surface area contributed by atoms with Gasteiger partial charge in [0.05, 0.1) is 42.4 Å². The molecule has 48 heavy (non-hydrogen) atoms. The van der Waals surface area contributed by atoms with Gasteiger partial charge >= 0.3 is 5.97 Å². The van der Waals surface area contributed by atoms with Gasteiger partial charge in [0.25, 0.3) is 5.91 Å². The molecule has 1 heterocycles. The van der Waals surface area contributed by atoms with Crippen molar-refractivity contribution in [1.29, 1.82) is 0 Å². The molecule has 4 rings (SSSR count). The van der Waals surface area contributed by atoms with Gasteiger partial charge in [0.1, 0.15) is 5.75 Å². The third kappa shape index (κ3) is 10.6. The van der Waals surface area contributed by atoms with Crippen LogP contribution < -0.4 is 10.1 Å². The molecule has 3 aromatic carbocycles. The number of aliphatic hydroxyl groups excluding tert-OH is 1. The number of hydrogen-bond donors (Lipinski definition) is 3. The Labute approximate surface area is 283 Å². The summed E-state index contributed by atoms with van der Waals surface area (Å²) >= 11 is 0. The lowest BCUT2D eigenvalue weighted by atomic mass is 10.0. The molecule has 258 valence electrons. The van der Waals surface area contributed by atoms with Crippen LogP contribution in [0.2, 0.25) is 0 Å². The number of nitrogens with zero attached hydrogens (tertiary/aromatic N) is 2. The van der Waals surface area contributed by atoms with Crippen LogP contribution in [0.1, 0.15) is 71.9 Å². The largest absolute Gasteiger partial charge is 0.490 e. The van der Waals surface area contributed by atoms with Crippen LogP contribution in [-0.2, 0) is 22.5 Å². The van der Waals surface area contributed by atoms with Crippen molar-refractivity contribution in [2.24, 2.45) is 5.92 Å². The van der Waals surface area contributed by atoms with Crippen LogP contribution >= 0.6 is 0 Å². The number of carbonyl (C=O) groups excluding carboxylic acids is 2. The Kier molecular flexibility index (Phi) is 13.5. The van der Waals surface area contributed by atoms with Crippen LogP contribution in [0.5, 0.6) is 5.75 Å². The minimum Gasteiger partial charge on any atom is -0.490 e. The Morgan fingerprint density at radius 1 is 1.02 bits per heavy atom. The number of aromatic carboxylic acids is 1. The second-order valence-electron chi connectivity index (χ2n) is 12.9.